The molecule has 0 aliphatic heterocycles. The number of benzene rings is 1. The van der Waals surface area contributed by atoms with Crippen molar-refractivity contribution >= 4 is 23.3 Å². The summed E-state index contributed by atoms with van der Waals surface area (Å²) >= 11 is 5.73. The number of carbonyl (C=O) groups excluding carboxylic acids is 1. The van der Waals surface area contributed by atoms with E-state index in [9.17, 15) is 4.79 Å². The number of hydrogen-bond donors (Lipinski definition) is 1. The van der Waals surface area contributed by atoms with Gasteiger partial charge in [0.2, 0.25) is 0 Å². The number of methoxy groups -OCH3 is 1. The smallest absolute Gasteiger partial charge is 0.340 e. The molecule has 0 unspecified atom stereocenters. The molecule has 0 aliphatic rings. The highest BCUT2D eigenvalue weighted by atomic mass is 35.5. The van der Waals surface area contributed by atoms with Crippen LogP contribution in [0.4, 0.5) is 5.69 Å². The maximum Gasteiger partial charge on any atom is 0.340 e. The maximum atomic E-state index is 11.9. The van der Waals surface area contributed by atoms with Crippen LogP contribution in [0.1, 0.15) is 15.9 Å². The molecule has 2 N–H and O–H groups in total. The monoisotopic (exact) mass is 292 g/mol. The van der Waals surface area contributed by atoms with Gasteiger partial charge in [-0.25, -0.2) is 9.78 Å². The van der Waals surface area contributed by atoms with Gasteiger partial charge in [-0.2, -0.15) is 0 Å². The number of aromatic nitrogens is 1. The van der Waals surface area contributed by atoms with Crippen molar-refractivity contribution in [2.75, 3.05) is 12.8 Å². The molecule has 1 aromatic carbocycles. The molecule has 2 aromatic rings. The van der Waals surface area contributed by atoms with Crippen molar-refractivity contribution in [1.82, 2.24) is 4.98 Å². The number of anilines is 1. The van der Waals surface area contributed by atoms with E-state index in [4.69, 9.17) is 26.8 Å². The fourth-order valence-electron chi connectivity index (χ4n) is 1.61. The minimum absolute atomic E-state index is 0.120. The lowest BCUT2D eigenvalue weighted by atomic mass is 10.2. The van der Waals surface area contributed by atoms with E-state index in [0.29, 0.717) is 5.75 Å². The van der Waals surface area contributed by atoms with Crippen molar-refractivity contribution in [1.29, 1.82) is 0 Å². The molecule has 1 heterocycles. The average Bonchev–Trinajstić information content (AvgIpc) is 2.47. The fourth-order valence-corrected chi connectivity index (χ4v) is 1.76. The molecule has 0 saturated carbocycles. The summed E-state index contributed by atoms with van der Waals surface area (Å²) in [5.41, 5.74) is 6.91. The largest absolute Gasteiger partial charge is 0.497 e. The molecule has 0 saturated heterocycles. The van der Waals surface area contributed by atoms with Gasteiger partial charge in [0.1, 0.15) is 17.5 Å². The first-order valence-corrected chi connectivity index (χ1v) is 6.19. The number of rotatable bonds is 4. The predicted octanol–water partition coefficient (Wildman–Crippen LogP) is 2.68. The zero-order valence-electron chi connectivity index (χ0n) is 10.8. The van der Waals surface area contributed by atoms with Gasteiger partial charge in [0.25, 0.3) is 0 Å². The van der Waals surface area contributed by atoms with Crippen LogP contribution in [0.15, 0.2) is 36.5 Å². The summed E-state index contributed by atoms with van der Waals surface area (Å²) in [6.45, 7) is 0.120. The Hall–Kier alpha value is -2.27. The first kappa shape index (κ1) is 14.1. The summed E-state index contributed by atoms with van der Waals surface area (Å²) in [7, 11) is 1.57. The van der Waals surface area contributed by atoms with Gasteiger partial charge < -0.3 is 15.2 Å². The Kier molecular flexibility index (Phi) is 4.42. The molecular weight excluding hydrogens is 280 g/mol. The van der Waals surface area contributed by atoms with Crippen molar-refractivity contribution in [3.8, 4) is 5.75 Å². The highest BCUT2D eigenvalue weighted by Gasteiger charge is 2.12. The van der Waals surface area contributed by atoms with Crippen LogP contribution in [0.2, 0.25) is 5.15 Å². The Morgan fingerprint density at radius 1 is 1.40 bits per heavy atom. The molecule has 5 nitrogen and oxygen atoms in total. The number of carbonyl (C=O) groups is 1. The van der Waals surface area contributed by atoms with Crippen LogP contribution in [0.3, 0.4) is 0 Å². The number of hydrogen-bond acceptors (Lipinski definition) is 5. The third kappa shape index (κ3) is 3.39. The van der Waals surface area contributed by atoms with E-state index in [2.05, 4.69) is 4.98 Å². The van der Waals surface area contributed by atoms with Crippen LogP contribution < -0.4 is 10.5 Å². The molecule has 0 amide bonds. The van der Waals surface area contributed by atoms with Gasteiger partial charge in [0, 0.05) is 0 Å². The molecule has 2 rings (SSSR count). The van der Waals surface area contributed by atoms with Crippen molar-refractivity contribution < 1.29 is 14.3 Å². The first-order chi connectivity index (χ1) is 9.60. The molecule has 0 fully saturated rings. The summed E-state index contributed by atoms with van der Waals surface area (Å²) in [6, 6.07) is 8.63. The van der Waals surface area contributed by atoms with Gasteiger partial charge >= 0.3 is 5.97 Å². The van der Waals surface area contributed by atoms with Gasteiger partial charge in [-0.05, 0) is 23.8 Å². The molecule has 0 aliphatic carbocycles. The third-order valence-electron chi connectivity index (χ3n) is 2.63. The van der Waals surface area contributed by atoms with Gasteiger partial charge in [-0.3, -0.25) is 0 Å². The van der Waals surface area contributed by atoms with E-state index in [1.807, 2.05) is 18.2 Å². The minimum Gasteiger partial charge on any atom is -0.497 e. The van der Waals surface area contributed by atoms with Crippen LogP contribution in [0.5, 0.6) is 5.75 Å². The van der Waals surface area contributed by atoms with Crippen LogP contribution in [-0.4, -0.2) is 18.1 Å². The van der Waals surface area contributed by atoms with Crippen molar-refractivity contribution in [2.24, 2.45) is 0 Å². The molecule has 104 valence electrons. The molecule has 0 bridgehead atoms. The summed E-state index contributed by atoms with van der Waals surface area (Å²) in [5, 5.41) is 0.188. The summed E-state index contributed by atoms with van der Waals surface area (Å²) < 4.78 is 10.3. The first-order valence-electron chi connectivity index (χ1n) is 5.81. The molecule has 0 radical (unpaired) electrons. The second-order valence-corrected chi connectivity index (χ2v) is 4.41. The zero-order chi connectivity index (χ0) is 14.5. The Morgan fingerprint density at radius 3 is 2.95 bits per heavy atom. The van der Waals surface area contributed by atoms with Gasteiger partial charge in [-0.15, -0.1) is 0 Å². The van der Waals surface area contributed by atoms with Crippen LogP contribution >= 0.6 is 11.6 Å². The van der Waals surface area contributed by atoms with E-state index < -0.39 is 5.97 Å². The maximum absolute atomic E-state index is 11.9. The summed E-state index contributed by atoms with van der Waals surface area (Å²) in [5.74, 6) is 0.152. The number of halogens is 1. The number of ether oxygens (including phenoxy) is 2. The number of pyridine rings is 1. The van der Waals surface area contributed by atoms with Gasteiger partial charge in [-0.1, -0.05) is 23.7 Å². The lowest BCUT2D eigenvalue weighted by Crippen LogP contribution is -2.09. The number of nitrogens with zero attached hydrogens (tertiary/aromatic N) is 1. The fraction of sp³-hybridized carbons (Fsp3) is 0.143. The topological polar surface area (TPSA) is 74.4 Å². The summed E-state index contributed by atoms with van der Waals surface area (Å²) in [4.78, 5) is 15.7. The Labute approximate surface area is 121 Å². The second-order valence-electron chi connectivity index (χ2n) is 4.02. The van der Waals surface area contributed by atoms with Crippen molar-refractivity contribution in [3.63, 3.8) is 0 Å². The van der Waals surface area contributed by atoms with Gasteiger partial charge in [0.15, 0.2) is 0 Å². The number of esters is 1. The lowest BCUT2D eigenvalue weighted by molar-refractivity contribution is 0.0473. The summed E-state index contributed by atoms with van der Waals surface area (Å²) in [6.07, 6.45) is 1.32. The van der Waals surface area contributed by atoms with Crippen LogP contribution in [0, 0.1) is 0 Å². The van der Waals surface area contributed by atoms with E-state index in [1.54, 1.807) is 13.2 Å². The molecule has 6 heteroatoms. The quantitative estimate of drug-likeness (QED) is 0.693. The molecule has 1 aromatic heterocycles. The van der Waals surface area contributed by atoms with Crippen LogP contribution in [0.25, 0.3) is 0 Å². The molecule has 0 spiro atoms. The van der Waals surface area contributed by atoms with E-state index in [1.165, 1.54) is 12.3 Å². The average molecular weight is 293 g/mol. The lowest BCUT2D eigenvalue weighted by Gasteiger charge is -2.08. The normalized spacial score (nSPS) is 10.1. The number of nitrogen functional groups attached to an aromatic ring is 1. The van der Waals surface area contributed by atoms with E-state index in [-0.39, 0.29) is 23.0 Å². The SMILES string of the molecule is COc1cccc(COC(=O)c2cc(Cl)ncc2N)c1. The van der Waals surface area contributed by atoms with Gasteiger partial charge in [0.05, 0.1) is 24.6 Å². The molecule has 20 heavy (non-hydrogen) atoms. The third-order valence-corrected chi connectivity index (χ3v) is 2.83. The highest BCUT2D eigenvalue weighted by molar-refractivity contribution is 6.29. The predicted molar refractivity (Wildman–Crippen MR) is 75.8 cm³/mol. The molecule has 0 atom stereocenters. The highest BCUT2D eigenvalue weighted by Crippen LogP contribution is 2.18. The Morgan fingerprint density at radius 2 is 2.20 bits per heavy atom. The second kappa shape index (κ2) is 6.25. The standard InChI is InChI=1S/C14H13ClN2O3/c1-19-10-4-2-3-9(5-10)8-20-14(18)11-6-13(15)17-7-12(11)16/h2-7H,8,16H2,1H3. The zero-order valence-corrected chi connectivity index (χ0v) is 11.6. The van der Waals surface area contributed by atoms with Crippen molar-refractivity contribution in [2.45, 2.75) is 6.61 Å². The number of nitrogens with two attached hydrogens (primary N) is 1. The van der Waals surface area contributed by atoms with Crippen LogP contribution in [-0.2, 0) is 11.3 Å². The van der Waals surface area contributed by atoms with E-state index >= 15 is 0 Å². The Balaban J connectivity index is 2.06. The van der Waals surface area contributed by atoms with Crippen molar-refractivity contribution in [3.05, 3.63) is 52.8 Å². The molecular formula is C14H13ClN2O3. The van der Waals surface area contributed by atoms with E-state index in [0.717, 1.165) is 5.56 Å². The minimum atomic E-state index is -0.547. The Bertz CT molecular complexity index is 632.